The van der Waals surface area contributed by atoms with Gasteiger partial charge in [-0.05, 0) is 86.1 Å². The van der Waals surface area contributed by atoms with Crippen LogP contribution in [0.5, 0.6) is 5.75 Å². The summed E-state index contributed by atoms with van der Waals surface area (Å²) in [5, 5.41) is 15.9. The van der Waals surface area contributed by atoms with Gasteiger partial charge < -0.3 is 23.9 Å². The Morgan fingerprint density at radius 3 is 2.68 bits per heavy atom. The lowest BCUT2D eigenvalue weighted by Crippen LogP contribution is -2.53. The van der Waals surface area contributed by atoms with Crippen molar-refractivity contribution < 1.29 is 14.6 Å². The van der Waals surface area contributed by atoms with E-state index < -0.39 is 6.10 Å². The summed E-state index contributed by atoms with van der Waals surface area (Å²) >= 11 is 0. The van der Waals surface area contributed by atoms with E-state index in [2.05, 4.69) is 37.3 Å². The Balaban J connectivity index is 1.22. The zero-order valence-corrected chi connectivity index (χ0v) is 25.5. The fourth-order valence-corrected chi connectivity index (χ4v) is 8.43. The minimum absolute atomic E-state index is 0.0971. The number of imidazole rings is 1. The highest BCUT2D eigenvalue weighted by atomic mass is 16.5. The largest absolute Gasteiger partial charge is 0.494 e. The van der Waals surface area contributed by atoms with Gasteiger partial charge >= 0.3 is 0 Å². The normalized spacial score (nSPS) is 24.4. The topological polar surface area (TPSA) is 90.3 Å². The van der Waals surface area contributed by atoms with E-state index in [9.17, 15) is 9.90 Å². The SMILES string of the molecule is COc1cc(C(=O)N2CC3CC4CC2[C@H]43)cc2nc(-c3cc4ccc(C(C)O)cc4n3CC3CC3)n(Cc3cnn(C)c3)c12. The van der Waals surface area contributed by atoms with Crippen LogP contribution in [0.3, 0.4) is 0 Å². The van der Waals surface area contributed by atoms with Crippen molar-refractivity contribution in [2.45, 2.75) is 57.8 Å². The van der Waals surface area contributed by atoms with Crippen LogP contribution in [0, 0.1) is 23.7 Å². The predicted molar refractivity (Wildman–Crippen MR) is 167 cm³/mol. The number of likely N-dealkylation sites (tertiary alicyclic amines) is 1. The summed E-state index contributed by atoms with van der Waals surface area (Å²) in [7, 11) is 3.61. The Kier molecular flexibility index (Phi) is 5.65. The highest BCUT2D eigenvalue weighted by Gasteiger charge is 2.61. The van der Waals surface area contributed by atoms with Crippen molar-refractivity contribution in [3.63, 3.8) is 0 Å². The first-order valence-electron chi connectivity index (χ1n) is 16.0. The van der Waals surface area contributed by atoms with Crippen LogP contribution in [0.1, 0.15) is 60.2 Å². The second kappa shape index (κ2) is 9.44. The molecule has 9 nitrogen and oxygen atoms in total. The number of nitrogens with zero attached hydrogens (tertiary/aromatic N) is 6. The average molecular weight is 591 g/mol. The van der Waals surface area contributed by atoms with Gasteiger partial charge in [0.15, 0.2) is 5.82 Å². The molecule has 3 aromatic heterocycles. The van der Waals surface area contributed by atoms with E-state index in [0.29, 0.717) is 35.7 Å². The maximum atomic E-state index is 14.0. The molecule has 5 atom stereocenters. The molecule has 226 valence electrons. The van der Waals surface area contributed by atoms with E-state index in [1.165, 1.54) is 19.3 Å². The van der Waals surface area contributed by atoms with Gasteiger partial charge in [-0.3, -0.25) is 9.48 Å². The van der Waals surface area contributed by atoms with E-state index >= 15 is 0 Å². The molecule has 2 aromatic carbocycles. The molecule has 4 unspecified atom stereocenters. The van der Waals surface area contributed by atoms with Gasteiger partial charge in [-0.1, -0.05) is 12.1 Å². The smallest absolute Gasteiger partial charge is 0.254 e. The second-order valence-corrected chi connectivity index (χ2v) is 13.8. The van der Waals surface area contributed by atoms with Gasteiger partial charge in [0.2, 0.25) is 0 Å². The van der Waals surface area contributed by atoms with Crippen LogP contribution in [0.4, 0.5) is 0 Å². The molecule has 1 saturated heterocycles. The predicted octanol–water partition coefficient (Wildman–Crippen LogP) is 5.39. The highest BCUT2D eigenvalue weighted by molar-refractivity contribution is 6.00. The van der Waals surface area contributed by atoms with Gasteiger partial charge in [-0.2, -0.15) is 5.10 Å². The summed E-state index contributed by atoms with van der Waals surface area (Å²) in [4.78, 5) is 21.4. The minimum atomic E-state index is -0.542. The van der Waals surface area contributed by atoms with Crippen LogP contribution >= 0.6 is 0 Å². The van der Waals surface area contributed by atoms with Gasteiger partial charge in [-0.15, -0.1) is 0 Å². The molecule has 0 spiro atoms. The summed E-state index contributed by atoms with van der Waals surface area (Å²) < 4.78 is 12.4. The van der Waals surface area contributed by atoms with Crippen molar-refractivity contribution >= 4 is 27.8 Å². The number of fused-ring (bicyclic) bond motifs is 2. The zero-order valence-electron chi connectivity index (χ0n) is 25.5. The molecule has 3 aliphatic carbocycles. The number of methoxy groups -OCH3 is 1. The molecule has 44 heavy (non-hydrogen) atoms. The number of aliphatic hydroxyl groups excluding tert-OH is 1. The van der Waals surface area contributed by atoms with Crippen molar-refractivity contribution in [1.29, 1.82) is 0 Å². The molecule has 4 aliphatic rings. The van der Waals surface area contributed by atoms with Crippen molar-refractivity contribution in [1.82, 2.24) is 28.8 Å². The molecule has 5 aromatic rings. The molecular formula is C35H38N6O3. The van der Waals surface area contributed by atoms with E-state index in [-0.39, 0.29) is 5.91 Å². The van der Waals surface area contributed by atoms with Crippen molar-refractivity contribution in [2.24, 2.45) is 30.7 Å². The highest BCUT2D eigenvalue weighted by Crippen LogP contribution is 2.60. The molecule has 1 aliphatic heterocycles. The van der Waals surface area contributed by atoms with Crippen LogP contribution in [-0.4, -0.2) is 59.5 Å². The summed E-state index contributed by atoms with van der Waals surface area (Å²) in [6.45, 7) is 4.15. The number of ether oxygens (including phenoxy) is 1. The lowest BCUT2D eigenvalue weighted by Gasteiger charge is -2.52. The number of amides is 1. The monoisotopic (exact) mass is 590 g/mol. The number of aromatic nitrogens is 5. The lowest BCUT2D eigenvalue weighted by molar-refractivity contribution is -0.0204. The Hall–Kier alpha value is -4.11. The number of aliphatic hydroxyl groups is 1. The molecular weight excluding hydrogens is 552 g/mol. The van der Waals surface area contributed by atoms with E-state index in [1.54, 1.807) is 7.11 Å². The first-order chi connectivity index (χ1) is 21.4. The van der Waals surface area contributed by atoms with Gasteiger partial charge in [0.05, 0.1) is 37.2 Å². The molecule has 9 heteroatoms. The van der Waals surface area contributed by atoms with Crippen LogP contribution in [0.2, 0.25) is 0 Å². The fraction of sp³-hybridized carbons (Fsp3) is 0.457. The standard InChI is InChI=1S/C35H38N6O3/c1-19(42)22-6-7-23-11-30(39(28(23)10-22)16-20-4-5-20)34-37-27-9-25(35(43)40-18-26-8-24-12-29(40)32(24)26)13-31(44-3)33(27)41(34)17-21-14-36-38(2)15-21/h6-7,9-11,13-15,19-20,24,26,29,32,42H,4-5,8,12,16-18H2,1-3H3/t19?,24?,26?,29?,32-/m1/s1. The van der Waals surface area contributed by atoms with Crippen LogP contribution in [0.15, 0.2) is 48.8 Å². The maximum Gasteiger partial charge on any atom is 0.254 e. The molecule has 1 N–H and O–H groups in total. The molecule has 0 radical (unpaired) electrons. The Bertz CT molecular complexity index is 1960. The third-order valence-electron chi connectivity index (χ3n) is 10.9. The quantitative estimate of drug-likeness (QED) is 0.262. The molecule has 4 heterocycles. The van der Waals surface area contributed by atoms with Crippen molar-refractivity contribution in [3.8, 4) is 17.3 Å². The maximum absolute atomic E-state index is 14.0. The van der Waals surface area contributed by atoms with Gasteiger partial charge in [0.1, 0.15) is 11.3 Å². The van der Waals surface area contributed by atoms with E-state index in [0.717, 1.165) is 75.9 Å². The van der Waals surface area contributed by atoms with Crippen molar-refractivity contribution in [3.05, 3.63) is 65.5 Å². The fourth-order valence-electron chi connectivity index (χ4n) is 8.43. The number of carbonyl (C=O) groups excluding carboxylic acids is 1. The van der Waals surface area contributed by atoms with Gasteiger partial charge in [0, 0.05) is 54.4 Å². The third-order valence-corrected chi connectivity index (χ3v) is 10.9. The Labute approximate surface area is 256 Å². The zero-order chi connectivity index (χ0) is 29.9. The minimum Gasteiger partial charge on any atom is -0.494 e. The Morgan fingerprint density at radius 2 is 1.98 bits per heavy atom. The van der Waals surface area contributed by atoms with Crippen LogP contribution in [-0.2, 0) is 20.1 Å². The summed E-state index contributed by atoms with van der Waals surface area (Å²) in [6.07, 6.45) is 8.26. The third kappa shape index (κ3) is 3.91. The second-order valence-electron chi connectivity index (χ2n) is 13.8. The Morgan fingerprint density at radius 1 is 1.11 bits per heavy atom. The number of hydrogen-bond acceptors (Lipinski definition) is 5. The molecule has 0 bridgehead atoms. The molecule has 9 rings (SSSR count). The molecule has 3 saturated carbocycles. The molecule has 4 fully saturated rings. The average Bonchev–Trinajstić information content (AvgIpc) is 3.47. The van der Waals surface area contributed by atoms with Gasteiger partial charge in [-0.25, -0.2) is 4.98 Å². The van der Waals surface area contributed by atoms with Crippen LogP contribution < -0.4 is 4.74 Å². The van der Waals surface area contributed by atoms with E-state index in [1.807, 2.05) is 49.2 Å². The lowest BCUT2D eigenvalue weighted by atomic mass is 9.53. The summed E-state index contributed by atoms with van der Waals surface area (Å²) in [5.41, 5.74) is 6.38. The summed E-state index contributed by atoms with van der Waals surface area (Å²) in [6, 6.07) is 12.7. The van der Waals surface area contributed by atoms with Gasteiger partial charge in [0.25, 0.3) is 5.91 Å². The number of benzene rings is 2. The number of aryl methyl sites for hydroxylation is 1. The van der Waals surface area contributed by atoms with Crippen molar-refractivity contribution in [2.75, 3.05) is 13.7 Å². The first kappa shape index (κ1) is 26.3. The molecule has 1 amide bonds. The summed E-state index contributed by atoms with van der Waals surface area (Å²) in [5.74, 6) is 4.46. The first-order valence-corrected chi connectivity index (χ1v) is 16.0. The number of rotatable bonds is 8. The number of hydrogen-bond donors (Lipinski definition) is 1. The number of carbonyl (C=O) groups is 1. The van der Waals surface area contributed by atoms with E-state index in [4.69, 9.17) is 9.72 Å². The van der Waals surface area contributed by atoms with Crippen LogP contribution in [0.25, 0.3) is 33.5 Å².